The Kier molecular flexibility index (Phi) is 8.27. The van der Waals surface area contributed by atoms with Crippen molar-refractivity contribution in [2.45, 2.75) is 71.8 Å². The molecule has 0 saturated carbocycles. The van der Waals surface area contributed by atoms with Crippen LogP contribution in [0, 0.1) is 5.41 Å². The molecule has 4 heteroatoms. The van der Waals surface area contributed by atoms with E-state index in [2.05, 4.69) is 24.1 Å². The molecule has 1 rings (SSSR count). The third-order valence-corrected chi connectivity index (χ3v) is 5.35. The summed E-state index contributed by atoms with van der Waals surface area (Å²) in [5.74, 6) is 0.140. The highest BCUT2D eigenvalue weighted by Gasteiger charge is 2.28. The van der Waals surface area contributed by atoms with Crippen LogP contribution in [0.25, 0.3) is 0 Å². The Morgan fingerprint density at radius 3 is 2.24 bits per heavy atom. The molecule has 1 aliphatic heterocycles. The molecule has 0 bridgehead atoms. The average Bonchev–Trinajstić information content (AvgIpc) is 2.79. The van der Waals surface area contributed by atoms with Gasteiger partial charge in [0.15, 0.2) is 0 Å². The first-order valence-corrected chi connectivity index (χ1v) is 8.71. The van der Waals surface area contributed by atoms with Crippen LogP contribution in [0.15, 0.2) is 0 Å². The van der Waals surface area contributed by atoms with Gasteiger partial charge < -0.3 is 10.4 Å². The summed E-state index contributed by atoms with van der Waals surface area (Å²) in [4.78, 5) is 14.7. The van der Waals surface area contributed by atoms with E-state index < -0.39 is 0 Å². The topological polar surface area (TPSA) is 52.6 Å². The molecule has 1 atom stereocenters. The van der Waals surface area contributed by atoms with E-state index in [9.17, 15) is 9.90 Å². The molecule has 2 N–H and O–H groups in total. The van der Waals surface area contributed by atoms with Gasteiger partial charge in [0.2, 0.25) is 5.91 Å². The first-order valence-electron chi connectivity index (χ1n) is 8.71. The van der Waals surface area contributed by atoms with Crippen molar-refractivity contribution in [1.82, 2.24) is 10.2 Å². The molecule has 0 aromatic carbocycles. The molecule has 0 aliphatic carbocycles. The van der Waals surface area contributed by atoms with Crippen LogP contribution in [0.1, 0.15) is 65.7 Å². The van der Waals surface area contributed by atoms with Gasteiger partial charge in [0.05, 0.1) is 6.04 Å². The van der Waals surface area contributed by atoms with E-state index in [-0.39, 0.29) is 24.0 Å². The van der Waals surface area contributed by atoms with Gasteiger partial charge in [-0.1, -0.05) is 26.7 Å². The van der Waals surface area contributed by atoms with Crippen LogP contribution in [0.2, 0.25) is 0 Å². The quantitative estimate of drug-likeness (QED) is 0.724. The summed E-state index contributed by atoms with van der Waals surface area (Å²) in [6.07, 6.45) is 7.72. The van der Waals surface area contributed by atoms with Crippen molar-refractivity contribution >= 4 is 5.91 Å². The number of nitrogens with zero attached hydrogens (tertiary/aromatic N) is 1. The number of hydrogen-bond donors (Lipinski definition) is 2. The van der Waals surface area contributed by atoms with Gasteiger partial charge in [-0.2, -0.15) is 0 Å². The van der Waals surface area contributed by atoms with Gasteiger partial charge in [-0.15, -0.1) is 0 Å². The SMILES string of the molecule is CCC(CC)(CCO)CNC(=O)C(C)N1CCCCCC1. The van der Waals surface area contributed by atoms with E-state index in [0.717, 1.165) is 32.4 Å². The Hall–Kier alpha value is -0.610. The second-order valence-corrected chi connectivity index (χ2v) is 6.52. The zero-order valence-electron chi connectivity index (χ0n) is 14.2. The van der Waals surface area contributed by atoms with Crippen LogP contribution in [-0.4, -0.2) is 48.2 Å². The highest BCUT2D eigenvalue weighted by Crippen LogP contribution is 2.29. The van der Waals surface area contributed by atoms with E-state index in [1.54, 1.807) is 0 Å². The van der Waals surface area contributed by atoms with Crippen LogP contribution in [0.5, 0.6) is 0 Å². The molecule has 1 amide bonds. The third-order valence-electron chi connectivity index (χ3n) is 5.35. The Labute approximate surface area is 130 Å². The molecular formula is C17H34N2O2. The number of likely N-dealkylation sites (tertiary alicyclic amines) is 1. The summed E-state index contributed by atoms with van der Waals surface area (Å²) >= 11 is 0. The lowest BCUT2D eigenvalue weighted by Gasteiger charge is -2.33. The first-order chi connectivity index (χ1) is 10.1. The number of rotatable bonds is 8. The number of carbonyl (C=O) groups excluding carboxylic acids is 1. The molecule has 1 aliphatic rings. The van der Waals surface area contributed by atoms with Crippen molar-refractivity contribution in [2.24, 2.45) is 5.41 Å². The fourth-order valence-electron chi connectivity index (χ4n) is 3.25. The Morgan fingerprint density at radius 1 is 1.19 bits per heavy atom. The molecule has 1 fully saturated rings. The number of amides is 1. The van der Waals surface area contributed by atoms with E-state index in [0.29, 0.717) is 6.54 Å². The lowest BCUT2D eigenvalue weighted by molar-refractivity contribution is -0.126. The van der Waals surface area contributed by atoms with Crippen molar-refractivity contribution in [1.29, 1.82) is 0 Å². The smallest absolute Gasteiger partial charge is 0.237 e. The Balaban J connectivity index is 2.50. The molecule has 0 aromatic rings. The minimum absolute atomic E-state index is 0.0383. The van der Waals surface area contributed by atoms with E-state index >= 15 is 0 Å². The average molecular weight is 298 g/mol. The normalized spacial score (nSPS) is 19.0. The predicted octanol–water partition coefficient (Wildman–Crippen LogP) is 2.56. The summed E-state index contributed by atoms with van der Waals surface area (Å²) < 4.78 is 0. The predicted molar refractivity (Wildman–Crippen MR) is 87.2 cm³/mol. The number of aliphatic hydroxyl groups is 1. The van der Waals surface area contributed by atoms with Crippen molar-refractivity contribution in [3.63, 3.8) is 0 Å². The van der Waals surface area contributed by atoms with Crippen molar-refractivity contribution in [2.75, 3.05) is 26.2 Å². The monoisotopic (exact) mass is 298 g/mol. The summed E-state index contributed by atoms with van der Waals surface area (Å²) in [5.41, 5.74) is 0.0446. The van der Waals surface area contributed by atoms with Crippen LogP contribution in [0.4, 0.5) is 0 Å². The second kappa shape index (κ2) is 9.42. The molecule has 0 aromatic heterocycles. The summed E-state index contributed by atoms with van der Waals surface area (Å²) in [7, 11) is 0. The minimum atomic E-state index is -0.0383. The van der Waals surface area contributed by atoms with Gasteiger partial charge >= 0.3 is 0 Å². The van der Waals surface area contributed by atoms with Gasteiger partial charge in [-0.05, 0) is 57.5 Å². The van der Waals surface area contributed by atoms with Crippen LogP contribution in [-0.2, 0) is 4.79 Å². The van der Waals surface area contributed by atoms with E-state index in [1.807, 2.05) is 6.92 Å². The molecule has 21 heavy (non-hydrogen) atoms. The zero-order chi connectivity index (χ0) is 15.7. The molecule has 0 radical (unpaired) electrons. The number of aliphatic hydroxyl groups excluding tert-OH is 1. The molecule has 0 spiro atoms. The minimum Gasteiger partial charge on any atom is -0.396 e. The zero-order valence-corrected chi connectivity index (χ0v) is 14.2. The molecular weight excluding hydrogens is 264 g/mol. The summed E-state index contributed by atoms with van der Waals surface area (Å²) in [6, 6.07) is -0.0383. The fraction of sp³-hybridized carbons (Fsp3) is 0.941. The van der Waals surface area contributed by atoms with Crippen LogP contribution >= 0.6 is 0 Å². The maximum atomic E-state index is 12.4. The fourth-order valence-corrected chi connectivity index (χ4v) is 3.25. The summed E-state index contributed by atoms with van der Waals surface area (Å²) in [6.45, 7) is 9.26. The van der Waals surface area contributed by atoms with E-state index in [4.69, 9.17) is 0 Å². The van der Waals surface area contributed by atoms with Gasteiger partial charge in [0.25, 0.3) is 0 Å². The maximum absolute atomic E-state index is 12.4. The highest BCUT2D eigenvalue weighted by atomic mass is 16.3. The van der Waals surface area contributed by atoms with Crippen LogP contribution in [0.3, 0.4) is 0 Å². The van der Waals surface area contributed by atoms with Crippen molar-refractivity contribution in [3.8, 4) is 0 Å². The summed E-state index contributed by atoms with van der Waals surface area (Å²) in [5, 5.41) is 12.4. The largest absolute Gasteiger partial charge is 0.396 e. The van der Waals surface area contributed by atoms with Gasteiger partial charge in [0.1, 0.15) is 0 Å². The van der Waals surface area contributed by atoms with Crippen molar-refractivity contribution in [3.05, 3.63) is 0 Å². The third kappa shape index (κ3) is 5.59. The molecule has 124 valence electrons. The highest BCUT2D eigenvalue weighted by molar-refractivity contribution is 5.81. The molecule has 1 saturated heterocycles. The second-order valence-electron chi connectivity index (χ2n) is 6.52. The van der Waals surface area contributed by atoms with E-state index in [1.165, 1.54) is 25.7 Å². The lowest BCUT2D eigenvalue weighted by Crippen LogP contribution is -2.48. The maximum Gasteiger partial charge on any atom is 0.237 e. The van der Waals surface area contributed by atoms with Crippen LogP contribution < -0.4 is 5.32 Å². The first kappa shape index (κ1) is 18.4. The number of hydrogen-bond acceptors (Lipinski definition) is 3. The lowest BCUT2D eigenvalue weighted by atomic mass is 9.79. The van der Waals surface area contributed by atoms with Gasteiger partial charge in [-0.3, -0.25) is 9.69 Å². The Bertz CT molecular complexity index is 295. The van der Waals surface area contributed by atoms with Gasteiger partial charge in [0, 0.05) is 13.2 Å². The number of nitrogens with one attached hydrogen (secondary N) is 1. The van der Waals surface area contributed by atoms with Gasteiger partial charge in [-0.25, -0.2) is 0 Å². The molecule has 1 unspecified atom stereocenters. The van der Waals surface area contributed by atoms with Crippen molar-refractivity contribution < 1.29 is 9.90 Å². The molecule has 1 heterocycles. The number of carbonyl (C=O) groups is 1. The Morgan fingerprint density at radius 2 is 1.76 bits per heavy atom. The standard InChI is InChI=1S/C17H34N2O2/c1-4-17(5-2,10-13-20)14-18-16(21)15(3)19-11-8-6-7-9-12-19/h15,20H,4-14H2,1-3H3,(H,18,21). The molecule has 4 nitrogen and oxygen atoms in total.